The van der Waals surface area contributed by atoms with Crippen LogP contribution in [0.2, 0.25) is 0 Å². The van der Waals surface area contributed by atoms with E-state index in [-0.39, 0.29) is 11.5 Å². The summed E-state index contributed by atoms with van der Waals surface area (Å²) in [7, 11) is -3.76. The Morgan fingerprint density at radius 1 is 1.07 bits per heavy atom. The summed E-state index contributed by atoms with van der Waals surface area (Å²) in [6, 6.07) is 15.1. The van der Waals surface area contributed by atoms with Crippen molar-refractivity contribution in [3.8, 4) is 6.07 Å². The van der Waals surface area contributed by atoms with Crippen molar-refractivity contribution in [3.05, 3.63) is 71.0 Å². The zero-order valence-corrected chi connectivity index (χ0v) is 16.2. The molecule has 2 N–H and O–H groups in total. The molecule has 0 saturated heterocycles. The molecule has 9 heteroatoms. The Labute approximate surface area is 167 Å². The molecule has 3 rings (SSSR count). The van der Waals surface area contributed by atoms with Crippen LogP contribution in [-0.2, 0) is 20.4 Å². The number of hydrazine groups is 1. The number of fused-ring (bicyclic) bond motifs is 1. The molecule has 0 aliphatic heterocycles. The first-order valence-electron chi connectivity index (χ1n) is 8.56. The fourth-order valence-electron chi connectivity index (χ4n) is 2.79. The minimum Gasteiger partial charge on any atom is -0.451 e. The Balaban J connectivity index is 1.58. The minimum absolute atomic E-state index is 0.0342. The molecule has 0 saturated carbocycles. The number of para-hydroxylation sites is 1. The number of nitrogens with zero attached hydrogens (tertiary/aromatic N) is 1. The van der Waals surface area contributed by atoms with Crippen LogP contribution in [-0.4, -0.2) is 26.0 Å². The third kappa shape index (κ3) is 4.80. The van der Waals surface area contributed by atoms with E-state index in [1.807, 2.05) is 12.1 Å². The van der Waals surface area contributed by atoms with Gasteiger partial charge in [-0.25, -0.2) is 8.42 Å². The fraction of sp³-hybridized carbons (Fsp3) is 0.150. The highest BCUT2D eigenvalue weighted by Gasteiger charge is 2.20. The van der Waals surface area contributed by atoms with Crippen molar-refractivity contribution in [1.29, 1.82) is 5.26 Å². The van der Waals surface area contributed by atoms with Gasteiger partial charge < -0.3 is 4.42 Å². The van der Waals surface area contributed by atoms with Crippen LogP contribution in [0.25, 0.3) is 11.0 Å². The Bertz CT molecular complexity index is 1220. The highest BCUT2D eigenvalue weighted by Crippen LogP contribution is 2.24. The first kappa shape index (κ1) is 20.1. The number of amides is 2. The maximum Gasteiger partial charge on any atom is 0.305 e. The smallest absolute Gasteiger partial charge is 0.305 e. The van der Waals surface area contributed by atoms with Crippen molar-refractivity contribution in [1.82, 2.24) is 10.9 Å². The van der Waals surface area contributed by atoms with Crippen LogP contribution in [0.15, 0.2) is 52.9 Å². The van der Waals surface area contributed by atoms with E-state index in [4.69, 9.17) is 9.68 Å². The molecule has 1 aromatic heterocycles. The van der Waals surface area contributed by atoms with Crippen LogP contribution in [0.3, 0.4) is 0 Å². The first-order chi connectivity index (χ1) is 13.8. The standard InChI is InChI=1S/C20H17N3O5S/c1-13-16-4-2-3-5-17(16)28-19(13)20(25)23-22-18(24)12-29(26,27)11-15-8-6-14(10-21)7-9-15/h2-9H,11-12H2,1H3,(H,22,24)(H,23,25). The SMILES string of the molecule is Cc1c(C(=O)NNC(=O)CS(=O)(=O)Cc2ccc(C#N)cc2)oc2ccccc12. The molecule has 0 aliphatic carbocycles. The number of nitriles is 1. The average Bonchev–Trinajstić information content (AvgIpc) is 3.03. The van der Waals surface area contributed by atoms with Gasteiger partial charge in [0, 0.05) is 10.9 Å². The van der Waals surface area contributed by atoms with E-state index in [0.717, 1.165) is 5.39 Å². The summed E-state index contributed by atoms with van der Waals surface area (Å²) in [5.41, 5.74) is 6.27. The Morgan fingerprint density at radius 3 is 2.41 bits per heavy atom. The number of carbonyl (C=O) groups excluding carboxylic acids is 2. The predicted molar refractivity (Wildman–Crippen MR) is 105 cm³/mol. The van der Waals surface area contributed by atoms with E-state index in [1.165, 1.54) is 24.3 Å². The molecule has 148 valence electrons. The van der Waals surface area contributed by atoms with Gasteiger partial charge in [0.1, 0.15) is 11.3 Å². The van der Waals surface area contributed by atoms with E-state index in [1.54, 1.807) is 25.1 Å². The largest absolute Gasteiger partial charge is 0.451 e. The lowest BCUT2D eigenvalue weighted by molar-refractivity contribution is -0.119. The molecular formula is C20H17N3O5S. The van der Waals surface area contributed by atoms with E-state index in [2.05, 4.69) is 10.9 Å². The summed E-state index contributed by atoms with van der Waals surface area (Å²) in [6.45, 7) is 1.71. The number of hydrogen-bond acceptors (Lipinski definition) is 6. The zero-order chi connectivity index (χ0) is 21.0. The Morgan fingerprint density at radius 2 is 1.76 bits per heavy atom. The lowest BCUT2D eigenvalue weighted by Crippen LogP contribution is -2.44. The predicted octanol–water partition coefficient (Wildman–Crippen LogP) is 1.99. The van der Waals surface area contributed by atoms with Gasteiger partial charge in [0.2, 0.25) is 0 Å². The molecule has 8 nitrogen and oxygen atoms in total. The summed E-state index contributed by atoms with van der Waals surface area (Å²) in [6.07, 6.45) is 0. The summed E-state index contributed by atoms with van der Waals surface area (Å²) >= 11 is 0. The molecule has 0 aliphatic rings. The van der Waals surface area contributed by atoms with Gasteiger partial charge in [-0.1, -0.05) is 30.3 Å². The van der Waals surface area contributed by atoms with Crippen LogP contribution in [0.4, 0.5) is 0 Å². The molecule has 0 unspecified atom stereocenters. The second kappa shape index (κ2) is 8.16. The fourth-order valence-corrected chi connectivity index (χ4v) is 4.06. The normalized spacial score (nSPS) is 11.0. The summed E-state index contributed by atoms with van der Waals surface area (Å²) in [5, 5.41) is 9.53. The average molecular weight is 411 g/mol. The molecule has 0 bridgehead atoms. The molecule has 29 heavy (non-hydrogen) atoms. The third-order valence-corrected chi connectivity index (χ3v) is 5.66. The third-order valence-electron chi connectivity index (χ3n) is 4.19. The van der Waals surface area contributed by atoms with Gasteiger partial charge in [-0.3, -0.25) is 20.4 Å². The zero-order valence-electron chi connectivity index (χ0n) is 15.4. The van der Waals surface area contributed by atoms with E-state index < -0.39 is 27.4 Å². The molecular weight excluding hydrogens is 394 g/mol. The van der Waals surface area contributed by atoms with Crippen molar-refractivity contribution >= 4 is 32.6 Å². The number of nitrogens with one attached hydrogen (secondary N) is 2. The maximum absolute atomic E-state index is 12.3. The molecule has 2 aromatic carbocycles. The number of benzene rings is 2. The summed E-state index contributed by atoms with van der Waals surface area (Å²) in [5.74, 6) is -2.68. The van der Waals surface area contributed by atoms with Crippen molar-refractivity contribution in [2.24, 2.45) is 0 Å². The number of hydrogen-bond donors (Lipinski definition) is 2. The first-order valence-corrected chi connectivity index (χ1v) is 10.4. The molecule has 1 heterocycles. The molecule has 0 atom stereocenters. The van der Waals surface area contributed by atoms with Crippen molar-refractivity contribution in [3.63, 3.8) is 0 Å². The Hall–Kier alpha value is -3.64. The molecule has 3 aromatic rings. The lowest BCUT2D eigenvalue weighted by Gasteiger charge is -2.07. The van der Waals surface area contributed by atoms with E-state index >= 15 is 0 Å². The van der Waals surface area contributed by atoms with Crippen LogP contribution in [0.1, 0.15) is 27.2 Å². The lowest BCUT2D eigenvalue weighted by atomic mass is 10.1. The van der Waals surface area contributed by atoms with Gasteiger partial charge in [0.15, 0.2) is 15.6 Å². The number of carbonyl (C=O) groups is 2. The number of rotatable bonds is 5. The van der Waals surface area contributed by atoms with Gasteiger partial charge in [0.05, 0.1) is 17.4 Å². The second-order valence-electron chi connectivity index (χ2n) is 6.40. The maximum atomic E-state index is 12.3. The number of aryl methyl sites for hydroxylation is 1. The highest BCUT2D eigenvalue weighted by molar-refractivity contribution is 7.91. The van der Waals surface area contributed by atoms with Gasteiger partial charge in [-0.2, -0.15) is 5.26 Å². The van der Waals surface area contributed by atoms with E-state index in [9.17, 15) is 18.0 Å². The quantitative estimate of drug-likeness (QED) is 0.618. The minimum atomic E-state index is -3.76. The van der Waals surface area contributed by atoms with Crippen LogP contribution < -0.4 is 10.9 Å². The monoisotopic (exact) mass is 411 g/mol. The topological polar surface area (TPSA) is 129 Å². The van der Waals surface area contributed by atoms with Crippen LogP contribution in [0, 0.1) is 18.3 Å². The molecule has 0 radical (unpaired) electrons. The van der Waals surface area contributed by atoms with Gasteiger partial charge in [-0.15, -0.1) is 0 Å². The summed E-state index contributed by atoms with van der Waals surface area (Å²) in [4.78, 5) is 24.2. The second-order valence-corrected chi connectivity index (χ2v) is 8.46. The highest BCUT2D eigenvalue weighted by atomic mass is 32.2. The van der Waals surface area contributed by atoms with Crippen molar-refractivity contribution in [2.75, 3.05) is 5.75 Å². The molecule has 2 amide bonds. The van der Waals surface area contributed by atoms with Crippen molar-refractivity contribution < 1.29 is 22.4 Å². The van der Waals surface area contributed by atoms with Crippen molar-refractivity contribution in [2.45, 2.75) is 12.7 Å². The van der Waals surface area contributed by atoms with Crippen LogP contribution >= 0.6 is 0 Å². The number of furan rings is 1. The van der Waals surface area contributed by atoms with Crippen LogP contribution in [0.5, 0.6) is 0 Å². The van der Waals surface area contributed by atoms with Gasteiger partial charge in [-0.05, 0) is 30.7 Å². The summed E-state index contributed by atoms with van der Waals surface area (Å²) < 4.78 is 29.9. The number of sulfone groups is 1. The van der Waals surface area contributed by atoms with Gasteiger partial charge in [0.25, 0.3) is 5.91 Å². The molecule has 0 fully saturated rings. The van der Waals surface area contributed by atoms with E-state index in [0.29, 0.717) is 22.3 Å². The van der Waals surface area contributed by atoms with Gasteiger partial charge >= 0.3 is 5.91 Å². The Kier molecular flexibility index (Phi) is 5.66. The molecule has 0 spiro atoms.